The van der Waals surface area contributed by atoms with Crippen LogP contribution in [-0.4, -0.2) is 126 Å². The van der Waals surface area contributed by atoms with Crippen LogP contribution in [0.3, 0.4) is 0 Å². The molecule has 5 fully saturated rings. The molecule has 1 saturated carbocycles. The van der Waals surface area contributed by atoms with Crippen LogP contribution in [-0.2, 0) is 13.1 Å². The standard InChI is InChI=1S/C49H56FN9O2/c1-3-33-5-4-6-34-22-40(60)23-41(43(33)34)45-44(50)46-42(24-51-45)47(59-28-37-8-9-38(29-59)52-37)54-48(53-46)61-31-49(13-14-49)30-57-19-17-56(18-20-57)25-32-11-15-58(16-12-32)39-10-7-35-26-55(2)27-36(35)21-39/h1,4-7,10,21-24,32,37-38,52,60H,8-9,11-20,25-31H2,2H3. The number of rotatable bonds is 10. The normalized spacial score (nSPS) is 23.2. The van der Waals surface area contributed by atoms with Crippen molar-refractivity contribution in [3.63, 3.8) is 0 Å². The van der Waals surface area contributed by atoms with Crippen molar-refractivity contribution in [2.75, 3.05) is 88.9 Å². The van der Waals surface area contributed by atoms with Gasteiger partial charge in [-0.25, -0.2) is 4.39 Å². The van der Waals surface area contributed by atoms with E-state index in [1.54, 1.807) is 12.3 Å². The molecule has 2 N–H and O–H groups in total. The summed E-state index contributed by atoms with van der Waals surface area (Å²) in [6.07, 6.45) is 14.5. The summed E-state index contributed by atoms with van der Waals surface area (Å²) in [5.41, 5.74) is 5.69. The fraction of sp³-hybridized carbons (Fsp3) is 0.490. The molecule has 5 aliphatic heterocycles. The molecule has 0 radical (unpaired) electrons. The molecule has 7 heterocycles. The number of phenols is 1. The van der Waals surface area contributed by atoms with Crippen molar-refractivity contribution in [1.82, 2.24) is 35.0 Å². The summed E-state index contributed by atoms with van der Waals surface area (Å²) < 4.78 is 23.6. The lowest BCUT2D eigenvalue weighted by Gasteiger charge is -2.40. The highest BCUT2D eigenvalue weighted by Gasteiger charge is 2.45. The van der Waals surface area contributed by atoms with Crippen molar-refractivity contribution in [3.05, 3.63) is 77.2 Å². The molecule has 1 aliphatic carbocycles. The molecule has 2 aromatic heterocycles. The summed E-state index contributed by atoms with van der Waals surface area (Å²) in [7, 11) is 2.20. The molecule has 11 nitrogen and oxygen atoms in total. The number of hydrogen-bond donors (Lipinski definition) is 2. The third-order valence-electron chi connectivity index (χ3n) is 14.6. The summed E-state index contributed by atoms with van der Waals surface area (Å²) >= 11 is 0. The highest BCUT2D eigenvalue weighted by molar-refractivity contribution is 6.02. The average molecular weight is 822 g/mol. The number of benzene rings is 3. The SMILES string of the molecule is C#Cc1cccc2cc(O)cc(-c3ncc4c(N5CC6CCC(C5)N6)nc(OCC5(CN6CCN(CC7CCN(c8ccc9c(c8)CN(C)C9)CC7)CC6)CC5)nc4c3F)c12. The Balaban J connectivity index is 0.764. The maximum atomic E-state index is 17.1. The number of piperidine rings is 1. The van der Waals surface area contributed by atoms with Gasteiger partial charge in [0.2, 0.25) is 0 Å². The van der Waals surface area contributed by atoms with Gasteiger partial charge in [0.05, 0.1) is 12.0 Å². The summed E-state index contributed by atoms with van der Waals surface area (Å²) in [5.74, 6) is 3.57. The number of phenolic OH excluding ortho intramolecular Hbond substituents is 1. The molecule has 2 unspecified atom stereocenters. The number of aromatic nitrogens is 3. The molecular formula is C49H56FN9O2. The maximum Gasteiger partial charge on any atom is 0.319 e. The lowest BCUT2D eigenvalue weighted by molar-refractivity contribution is 0.0843. The molecular weight excluding hydrogens is 766 g/mol. The van der Waals surface area contributed by atoms with Crippen LogP contribution in [0.2, 0.25) is 0 Å². The number of ether oxygens (including phenoxy) is 1. The molecule has 4 saturated heterocycles. The first-order valence-corrected chi connectivity index (χ1v) is 22.5. The number of terminal acetylenes is 1. The minimum absolute atomic E-state index is 0.00773. The maximum absolute atomic E-state index is 17.1. The Morgan fingerprint density at radius 3 is 2.44 bits per heavy atom. The molecule has 61 heavy (non-hydrogen) atoms. The van der Waals surface area contributed by atoms with Crippen LogP contribution in [0.15, 0.2) is 54.7 Å². The molecule has 6 aliphatic rings. The topological polar surface area (TPSA) is 96.4 Å². The predicted molar refractivity (Wildman–Crippen MR) is 239 cm³/mol. The lowest BCUT2D eigenvalue weighted by atomic mass is 9.95. The Kier molecular flexibility index (Phi) is 9.99. The molecule has 5 aromatic rings. The zero-order valence-electron chi connectivity index (χ0n) is 35.3. The van der Waals surface area contributed by atoms with Crippen LogP contribution in [0.4, 0.5) is 15.9 Å². The molecule has 0 spiro atoms. The number of aromatic hydroxyl groups is 1. The van der Waals surface area contributed by atoms with Gasteiger partial charge in [0, 0.05) is 124 Å². The van der Waals surface area contributed by atoms with E-state index >= 15 is 4.39 Å². The van der Waals surface area contributed by atoms with Crippen LogP contribution < -0.4 is 19.9 Å². The van der Waals surface area contributed by atoms with Crippen LogP contribution >= 0.6 is 0 Å². The fourth-order valence-corrected chi connectivity index (χ4v) is 11.0. The average Bonchev–Trinajstić information content (AvgIpc) is 3.81. The molecule has 316 valence electrons. The van der Waals surface area contributed by atoms with Crippen molar-refractivity contribution in [2.24, 2.45) is 11.3 Å². The van der Waals surface area contributed by atoms with Gasteiger partial charge in [-0.05, 0) is 98.3 Å². The first-order valence-electron chi connectivity index (χ1n) is 22.5. The van der Waals surface area contributed by atoms with E-state index in [9.17, 15) is 5.11 Å². The van der Waals surface area contributed by atoms with Crippen LogP contribution in [0.5, 0.6) is 11.8 Å². The molecule has 11 rings (SSSR count). The van der Waals surface area contributed by atoms with Gasteiger partial charge in [-0.15, -0.1) is 6.42 Å². The van der Waals surface area contributed by atoms with Gasteiger partial charge >= 0.3 is 6.01 Å². The minimum atomic E-state index is -0.584. The smallest absolute Gasteiger partial charge is 0.319 e. The van der Waals surface area contributed by atoms with E-state index < -0.39 is 5.82 Å². The first kappa shape index (κ1) is 38.8. The predicted octanol–water partition coefficient (Wildman–Crippen LogP) is 6.25. The highest BCUT2D eigenvalue weighted by Crippen LogP contribution is 2.47. The summed E-state index contributed by atoms with van der Waals surface area (Å²) in [6, 6.07) is 16.7. The van der Waals surface area contributed by atoms with Crippen molar-refractivity contribution in [3.8, 4) is 35.4 Å². The number of hydrogen-bond acceptors (Lipinski definition) is 11. The number of nitrogens with one attached hydrogen (secondary N) is 1. The van der Waals surface area contributed by atoms with E-state index in [2.05, 4.69) is 66.0 Å². The van der Waals surface area contributed by atoms with Gasteiger partial charge in [0.1, 0.15) is 22.8 Å². The van der Waals surface area contributed by atoms with E-state index in [-0.39, 0.29) is 28.4 Å². The molecule has 12 heteroatoms. The zero-order valence-corrected chi connectivity index (χ0v) is 35.3. The quantitative estimate of drug-likeness (QED) is 0.157. The number of fused-ring (bicyclic) bond motifs is 5. The monoisotopic (exact) mass is 821 g/mol. The third kappa shape index (κ3) is 7.64. The van der Waals surface area contributed by atoms with Gasteiger partial charge in [0.25, 0.3) is 0 Å². The summed E-state index contributed by atoms with van der Waals surface area (Å²) in [4.78, 5) is 27.0. The number of halogens is 1. The van der Waals surface area contributed by atoms with E-state index in [0.29, 0.717) is 51.8 Å². The number of piperazine rings is 2. The third-order valence-corrected chi connectivity index (χ3v) is 14.6. The Bertz CT molecular complexity index is 2510. The van der Waals surface area contributed by atoms with E-state index in [1.165, 1.54) is 42.3 Å². The van der Waals surface area contributed by atoms with E-state index in [1.807, 2.05) is 18.2 Å². The van der Waals surface area contributed by atoms with Gasteiger partial charge in [-0.3, -0.25) is 9.88 Å². The fourth-order valence-electron chi connectivity index (χ4n) is 11.0. The van der Waals surface area contributed by atoms with Crippen molar-refractivity contribution < 1.29 is 14.2 Å². The van der Waals surface area contributed by atoms with Crippen LogP contribution in [0.1, 0.15) is 55.2 Å². The van der Waals surface area contributed by atoms with Crippen molar-refractivity contribution >= 4 is 33.2 Å². The van der Waals surface area contributed by atoms with Crippen molar-refractivity contribution in [1.29, 1.82) is 0 Å². The largest absolute Gasteiger partial charge is 0.508 e. The van der Waals surface area contributed by atoms with Crippen LogP contribution in [0.25, 0.3) is 32.9 Å². The van der Waals surface area contributed by atoms with Gasteiger partial charge in [-0.2, -0.15) is 9.97 Å². The number of anilines is 2. The minimum Gasteiger partial charge on any atom is -0.508 e. The zero-order chi connectivity index (χ0) is 41.2. The van der Waals surface area contributed by atoms with E-state index in [4.69, 9.17) is 21.1 Å². The Morgan fingerprint density at radius 2 is 1.67 bits per heavy atom. The first-order chi connectivity index (χ1) is 29.8. The second-order valence-electron chi connectivity index (χ2n) is 19.0. The molecule has 2 bridgehead atoms. The Hall–Kier alpha value is -5.06. The highest BCUT2D eigenvalue weighted by atomic mass is 19.1. The second-order valence-corrected chi connectivity index (χ2v) is 19.0. The van der Waals surface area contributed by atoms with Gasteiger partial charge < -0.3 is 34.8 Å². The van der Waals surface area contributed by atoms with Crippen molar-refractivity contribution in [2.45, 2.75) is 63.7 Å². The van der Waals surface area contributed by atoms with E-state index in [0.717, 1.165) is 104 Å². The van der Waals surface area contributed by atoms with Gasteiger partial charge in [-0.1, -0.05) is 24.1 Å². The Morgan fingerprint density at radius 1 is 0.902 bits per heavy atom. The van der Waals surface area contributed by atoms with Gasteiger partial charge in [0.15, 0.2) is 5.82 Å². The number of nitrogens with zero attached hydrogens (tertiary/aromatic N) is 8. The molecule has 2 atom stereocenters. The summed E-state index contributed by atoms with van der Waals surface area (Å²) in [6.45, 7) is 13.0. The Labute approximate surface area is 357 Å². The van der Waals surface area contributed by atoms with Crippen LogP contribution in [0, 0.1) is 29.5 Å². The molecule has 3 aromatic carbocycles. The summed E-state index contributed by atoms with van der Waals surface area (Å²) in [5, 5.41) is 16.3. The molecule has 0 amide bonds. The second kappa shape index (κ2) is 15.7. The lowest BCUT2D eigenvalue weighted by Crippen LogP contribution is -2.51. The number of pyridine rings is 1.